The van der Waals surface area contributed by atoms with Gasteiger partial charge in [-0.2, -0.15) is 0 Å². The second kappa shape index (κ2) is 12.2. The van der Waals surface area contributed by atoms with Crippen LogP contribution in [0.25, 0.3) is 0 Å². The van der Waals surface area contributed by atoms with Gasteiger partial charge in [0.2, 0.25) is 0 Å². The summed E-state index contributed by atoms with van der Waals surface area (Å²) in [4.78, 5) is 10.7. The Morgan fingerprint density at radius 1 is 1.38 bits per heavy atom. The Morgan fingerprint density at radius 2 is 1.88 bits per heavy atom. The van der Waals surface area contributed by atoms with Crippen molar-refractivity contribution in [3.63, 3.8) is 0 Å². The van der Waals surface area contributed by atoms with E-state index in [1.54, 1.807) is 6.92 Å². The summed E-state index contributed by atoms with van der Waals surface area (Å²) in [5.41, 5.74) is 0.469. The van der Waals surface area contributed by atoms with Gasteiger partial charge in [0.25, 0.3) is 0 Å². The van der Waals surface area contributed by atoms with Gasteiger partial charge in [-0.1, -0.05) is 19.9 Å². The lowest BCUT2D eigenvalue weighted by Gasteiger charge is -2.01. The average molecular weight is 234 g/mol. The first-order valence-corrected chi connectivity index (χ1v) is 5.21. The van der Waals surface area contributed by atoms with Crippen molar-refractivity contribution in [3.05, 3.63) is 12.2 Å². The molecule has 0 aromatic carbocycles. The van der Waals surface area contributed by atoms with Gasteiger partial charge in [-0.25, -0.2) is 4.79 Å². The van der Waals surface area contributed by atoms with Crippen molar-refractivity contribution in [2.75, 3.05) is 19.8 Å². The van der Waals surface area contributed by atoms with Gasteiger partial charge in [0, 0.05) is 5.57 Å². The van der Waals surface area contributed by atoms with Crippen LogP contribution in [0.4, 0.5) is 0 Å². The molecule has 96 valence electrons. The summed E-state index contributed by atoms with van der Waals surface area (Å²) in [6.45, 7) is 6.94. The van der Waals surface area contributed by atoms with Crippen LogP contribution in [0, 0.1) is 0 Å². The maximum atomic E-state index is 10.7. The van der Waals surface area contributed by atoms with Crippen molar-refractivity contribution in [2.45, 2.75) is 32.8 Å². The van der Waals surface area contributed by atoms with E-state index in [-0.39, 0.29) is 19.2 Å². The third-order valence-electron chi connectivity index (χ3n) is 1.50. The third-order valence-corrected chi connectivity index (χ3v) is 1.50. The van der Waals surface area contributed by atoms with Gasteiger partial charge in [0.15, 0.2) is 0 Å². The van der Waals surface area contributed by atoms with E-state index in [1.807, 2.05) is 0 Å². The lowest BCUT2D eigenvalue weighted by Crippen LogP contribution is -2.15. The summed E-state index contributed by atoms with van der Waals surface area (Å²) in [6, 6.07) is 0. The van der Waals surface area contributed by atoms with E-state index in [0.29, 0.717) is 12.2 Å². The van der Waals surface area contributed by atoms with Crippen LogP contribution in [-0.2, 0) is 9.53 Å². The molecule has 0 spiro atoms. The number of hydrogen-bond acceptors (Lipinski definition) is 5. The first kappa shape index (κ1) is 17.5. The summed E-state index contributed by atoms with van der Waals surface area (Å²) in [6.07, 6.45) is 1.02. The molecular formula is C11H22O5. The molecule has 0 aromatic heterocycles. The molecule has 0 fully saturated rings. The molecule has 5 nitrogen and oxygen atoms in total. The van der Waals surface area contributed by atoms with Crippen LogP contribution in [0.1, 0.15) is 26.7 Å². The van der Waals surface area contributed by atoms with E-state index < -0.39 is 6.10 Å². The van der Waals surface area contributed by atoms with Crippen LogP contribution in [-0.4, -0.2) is 47.2 Å². The van der Waals surface area contributed by atoms with Gasteiger partial charge < -0.3 is 20.1 Å². The fourth-order valence-electron chi connectivity index (χ4n) is 0.490. The van der Waals surface area contributed by atoms with Crippen molar-refractivity contribution in [2.24, 2.45) is 0 Å². The minimum Gasteiger partial charge on any atom is -0.462 e. The molecule has 0 heterocycles. The maximum absolute atomic E-state index is 10.7. The molecule has 5 heteroatoms. The number of carbonyl (C=O) groups is 1. The summed E-state index contributed by atoms with van der Waals surface area (Å²) >= 11 is 0. The second-order valence-corrected chi connectivity index (χ2v) is 3.29. The van der Waals surface area contributed by atoms with Crippen LogP contribution < -0.4 is 0 Å². The van der Waals surface area contributed by atoms with E-state index in [2.05, 4.69) is 13.5 Å². The number of esters is 1. The molecule has 0 rings (SSSR count). The van der Waals surface area contributed by atoms with Gasteiger partial charge in [0.05, 0.1) is 19.8 Å². The topological polar surface area (TPSA) is 87.0 Å². The largest absolute Gasteiger partial charge is 0.462 e. The molecule has 0 saturated heterocycles. The highest BCUT2D eigenvalue weighted by Gasteiger charge is 2.00. The van der Waals surface area contributed by atoms with Crippen molar-refractivity contribution in [1.82, 2.24) is 0 Å². The van der Waals surface area contributed by atoms with Crippen LogP contribution >= 0.6 is 0 Å². The minimum absolute atomic E-state index is 0.284. The summed E-state index contributed by atoms with van der Waals surface area (Å²) in [5.74, 6) is -0.284. The van der Waals surface area contributed by atoms with E-state index >= 15 is 0 Å². The van der Waals surface area contributed by atoms with Crippen molar-refractivity contribution >= 4 is 5.97 Å². The van der Waals surface area contributed by atoms with Crippen LogP contribution in [0.15, 0.2) is 12.2 Å². The monoisotopic (exact) mass is 234 g/mol. The minimum atomic E-state index is -0.954. The number of hydrogen-bond donors (Lipinski definition) is 3. The molecule has 0 aliphatic heterocycles. The molecular weight excluding hydrogens is 212 g/mol. The summed E-state index contributed by atoms with van der Waals surface area (Å²) in [7, 11) is 0. The standard InChI is InChI=1S/C8H14O2.C3H8O3/c1-4-5-6-10-8(9)7(2)3;4-1-3(6)2-5/h2,4-6H2,1,3H3;3-6H,1-2H2. The van der Waals surface area contributed by atoms with Gasteiger partial charge in [0.1, 0.15) is 6.10 Å². The molecule has 0 unspecified atom stereocenters. The van der Waals surface area contributed by atoms with E-state index in [0.717, 1.165) is 12.8 Å². The van der Waals surface area contributed by atoms with Crippen molar-refractivity contribution < 1.29 is 24.9 Å². The van der Waals surface area contributed by atoms with Gasteiger partial charge >= 0.3 is 5.97 Å². The molecule has 16 heavy (non-hydrogen) atoms. The number of carbonyl (C=O) groups excluding carboxylic acids is 1. The molecule has 0 aromatic rings. The molecule has 0 bridgehead atoms. The lowest BCUT2D eigenvalue weighted by molar-refractivity contribution is -0.139. The maximum Gasteiger partial charge on any atom is 0.333 e. The van der Waals surface area contributed by atoms with E-state index in [1.165, 1.54) is 0 Å². The van der Waals surface area contributed by atoms with E-state index in [9.17, 15) is 4.79 Å². The highest BCUT2D eigenvalue weighted by molar-refractivity contribution is 5.86. The van der Waals surface area contributed by atoms with Crippen LogP contribution in [0.3, 0.4) is 0 Å². The Bertz CT molecular complexity index is 187. The van der Waals surface area contributed by atoms with Crippen LogP contribution in [0.2, 0.25) is 0 Å². The molecule has 0 amide bonds. The zero-order valence-corrected chi connectivity index (χ0v) is 9.98. The number of aliphatic hydroxyl groups excluding tert-OH is 3. The zero-order valence-electron chi connectivity index (χ0n) is 9.98. The predicted octanol–water partition coefficient (Wildman–Crippen LogP) is 0.238. The van der Waals surface area contributed by atoms with Crippen molar-refractivity contribution in [3.8, 4) is 0 Å². The van der Waals surface area contributed by atoms with Gasteiger partial charge in [-0.15, -0.1) is 0 Å². The van der Waals surface area contributed by atoms with Crippen molar-refractivity contribution in [1.29, 1.82) is 0 Å². The highest BCUT2D eigenvalue weighted by atomic mass is 16.5. The molecule has 0 atom stereocenters. The fraction of sp³-hybridized carbons (Fsp3) is 0.727. The van der Waals surface area contributed by atoms with E-state index in [4.69, 9.17) is 20.1 Å². The quantitative estimate of drug-likeness (QED) is 0.348. The Kier molecular flexibility index (Phi) is 13.3. The first-order valence-electron chi connectivity index (χ1n) is 5.21. The molecule has 0 aliphatic carbocycles. The Hall–Kier alpha value is -0.910. The van der Waals surface area contributed by atoms with Crippen LogP contribution in [0.5, 0.6) is 0 Å². The molecule has 0 radical (unpaired) electrons. The van der Waals surface area contributed by atoms with Gasteiger partial charge in [-0.05, 0) is 13.3 Å². The Labute approximate surface area is 96.4 Å². The second-order valence-electron chi connectivity index (χ2n) is 3.29. The number of aliphatic hydroxyl groups is 3. The number of ether oxygens (including phenoxy) is 1. The predicted molar refractivity (Wildman–Crippen MR) is 60.9 cm³/mol. The smallest absolute Gasteiger partial charge is 0.333 e. The lowest BCUT2D eigenvalue weighted by atomic mass is 10.3. The number of unbranched alkanes of at least 4 members (excludes halogenated alkanes) is 1. The Balaban J connectivity index is 0. The normalized spacial score (nSPS) is 9.38. The zero-order chi connectivity index (χ0) is 13.0. The first-order chi connectivity index (χ1) is 7.49. The summed E-state index contributed by atoms with van der Waals surface area (Å²) in [5, 5.41) is 24.0. The third kappa shape index (κ3) is 13.1. The average Bonchev–Trinajstić information content (AvgIpc) is 2.28. The molecule has 0 saturated carbocycles. The fourth-order valence-corrected chi connectivity index (χ4v) is 0.490. The molecule has 3 N–H and O–H groups in total. The Morgan fingerprint density at radius 3 is 2.12 bits per heavy atom. The SMILES string of the molecule is C=C(C)C(=O)OCCCC.OCC(O)CO. The molecule has 0 aliphatic rings. The summed E-state index contributed by atoms with van der Waals surface area (Å²) < 4.78 is 4.81. The number of rotatable bonds is 6. The van der Waals surface area contributed by atoms with Gasteiger partial charge in [-0.3, -0.25) is 0 Å². The highest BCUT2D eigenvalue weighted by Crippen LogP contribution is 1.94.